The lowest BCUT2D eigenvalue weighted by molar-refractivity contribution is -0.456. The van der Waals surface area contributed by atoms with Gasteiger partial charge in [0.2, 0.25) is 6.21 Å². The molecule has 0 bridgehead atoms. The van der Waals surface area contributed by atoms with Crippen LogP contribution < -0.4 is 21.3 Å². The van der Waals surface area contributed by atoms with E-state index >= 15 is 0 Å². The van der Waals surface area contributed by atoms with Gasteiger partial charge in [0, 0.05) is 5.10 Å². The molecule has 0 amide bonds. The summed E-state index contributed by atoms with van der Waals surface area (Å²) >= 11 is 0. The highest BCUT2D eigenvalue weighted by Crippen LogP contribution is 2.17. The summed E-state index contributed by atoms with van der Waals surface area (Å²) in [6, 6.07) is 14.5. The molecule has 7 nitrogen and oxygen atoms in total. The zero-order valence-electron chi connectivity index (χ0n) is 13.2. The molecule has 0 spiro atoms. The van der Waals surface area contributed by atoms with Crippen LogP contribution in [-0.4, -0.2) is 25.3 Å². The van der Waals surface area contributed by atoms with Gasteiger partial charge >= 0.3 is 5.97 Å². The average Bonchev–Trinajstić information content (AvgIpc) is 2.60. The fraction of sp³-hybridized carbons (Fsp3) is 0.118. The van der Waals surface area contributed by atoms with Crippen molar-refractivity contribution in [3.8, 4) is 5.75 Å². The van der Waals surface area contributed by atoms with Crippen molar-refractivity contribution in [3.63, 3.8) is 0 Å². The number of hydrogen-bond acceptors (Lipinski definition) is 4. The number of nitrogens with one attached hydrogen (secondary N) is 1. The second kappa shape index (κ2) is 8.33. The Morgan fingerprint density at radius 3 is 2.54 bits per heavy atom. The molecule has 0 aliphatic heterocycles. The van der Waals surface area contributed by atoms with Crippen molar-refractivity contribution in [2.24, 2.45) is 16.6 Å². The van der Waals surface area contributed by atoms with E-state index in [9.17, 15) is 4.79 Å². The lowest BCUT2D eigenvalue weighted by atomic mass is 10.1. The van der Waals surface area contributed by atoms with E-state index in [0.29, 0.717) is 17.9 Å². The second-order valence-electron chi connectivity index (χ2n) is 4.83. The summed E-state index contributed by atoms with van der Waals surface area (Å²) in [5, 5.41) is 6.33. The van der Waals surface area contributed by atoms with Crippen LogP contribution in [-0.2, 0) is 11.3 Å². The summed E-state index contributed by atoms with van der Waals surface area (Å²) in [7, 11) is 1.35. The third kappa shape index (κ3) is 4.84. The van der Waals surface area contributed by atoms with Crippen LogP contribution in [0.5, 0.6) is 5.75 Å². The number of hydrogen-bond donors (Lipinski definition) is 3. The molecule has 7 heteroatoms. The zero-order chi connectivity index (χ0) is 17.4. The third-order valence-electron chi connectivity index (χ3n) is 3.10. The molecule has 0 aliphatic rings. The predicted octanol–water partition coefficient (Wildman–Crippen LogP) is -0.260. The number of carbonyl (C=O) groups excluding carboxylic acids is 1. The van der Waals surface area contributed by atoms with E-state index in [1.54, 1.807) is 18.3 Å². The quantitative estimate of drug-likeness (QED) is 0.293. The van der Waals surface area contributed by atoms with Gasteiger partial charge in [0.25, 0.3) is 5.96 Å². The summed E-state index contributed by atoms with van der Waals surface area (Å²) in [6.07, 6.45) is 1.63. The predicted molar refractivity (Wildman–Crippen MR) is 90.5 cm³/mol. The zero-order valence-corrected chi connectivity index (χ0v) is 13.2. The topological polar surface area (TPSA) is 114 Å². The molecule has 2 aromatic rings. The van der Waals surface area contributed by atoms with E-state index in [2.05, 4.69) is 14.9 Å². The lowest BCUT2D eigenvalue weighted by Gasteiger charge is -2.08. The van der Waals surface area contributed by atoms with Crippen LogP contribution >= 0.6 is 0 Å². The molecule has 0 aliphatic carbocycles. The fourth-order valence-electron chi connectivity index (χ4n) is 1.92. The Morgan fingerprint density at radius 2 is 1.88 bits per heavy atom. The van der Waals surface area contributed by atoms with E-state index in [-0.39, 0.29) is 11.9 Å². The van der Waals surface area contributed by atoms with Gasteiger partial charge in [-0.05, 0) is 29.8 Å². The fourth-order valence-corrected chi connectivity index (χ4v) is 1.92. The Hall–Kier alpha value is -3.35. The first-order chi connectivity index (χ1) is 11.6. The van der Waals surface area contributed by atoms with Crippen LogP contribution in [0, 0.1) is 0 Å². The smallest absolute Gasteiger partial charge is 0.337 e. The van der Waals surface area contributed by atoms with Gasteiger partial charge < -0.3 is 20.9 Å². The molecule has 0 saturated carbocycles. The maximum atomic E-state index is 11.4. The molecule has 24 heavy (non-hydrogen) atoms. The van der Waals surface area contributed by atoms with Crippen molar-refractivity contribution < 1.29 is 19.4 Å². The number of ether oxygens (including phenoxy) is 2. The standard InChI is InChI=1S/C17H18N4O3/c1-23-16(22)13-8-6-12(7-9-13)11-24-15-5-3-2-4-14(15)10-20-21-17(18)19/h2-10H,11H2,1H3,(H4,18,19,21)/p+1/b20-10+. The molecular formula is C17H19N4O3+. The first-order valence-electron chi connectivity index (χ1n) is 7.16. The molecule has 0 fully saturated rings. The van der Waals surface area contributed by atoms with E-state index < -0.39 is 0 Å². The number of methoxy groups -OCH3 is 1. The number of guanidine groups is 1. The monoisotopic (exact) mass is 327 g/mol. The van der Waals surface area contributed by atoms with Crippen LogP contribution in [0.3, 0.4) is 0 Å². The molecule has 2 rings (SSSR count). The van der Waals surface area contributed by atoms with Gasteiger partial charge in [0.05, 0.1) is 18.2 Å². The Bertz CT molecular complexity index is 751. The number of nitrogens with two attached hydrogens (primary N) is 2. The average molecular weight is 327 g/mol. The van der Waals surface area contributed by atoms with Crippen LogP contribution in [0.25, 0.3) is 0 Å². The molecule has 0 radical (unpaired) electrons. The first kappa shape index (κ1) is 17.0. The van der Waals surface area contributed by atoms with Crippen molar-refractivity contribution >= 4 is 18.1 Å². The van der Waals surface area contributed by atoms with Crippen molar-refractivity contribution in [3.05, 3.63) is 65.2 Å². The van der Waals surface area contributed by atoms with E-state index in [4.69, 9.17) is 16.2 Å². The Balaban J connectivity index is 2.05. The summed E-state index contributed by atoms with van der Waals surface area (Å²) in [5.74, 6) is 0.247. The molecule has 5 N–H and O–H groups in total. The Kier molecular flexibility index (Phi) is 5.90. The largest absolute Gasteiger partial charge is 0.488 e. The molecule has 0 heterocycles. The highest BCUT2D eigenvalue weighted by molar-refractivity contribution is 5.89. The van der Waals surface area contributed by atoms with Crippen LogP contribution in [0.4, 0.5) is 0 Å². The minimum absolute atomic E-state index is 0.0599. The number of rotatable bonds is 6. The van der Waals surface area contributed by atoms with Gasteiger partial charge in [-0.25, -0.2) is 4.79 Å². The second-order valence-corrected chi connectivity index (χ2v) is 4.83. The summed E-state index contributed by atoms with van der Waals surface area (Å²) < 4.78 is 10.5. The number of carbonyl (C=O) groups is 1. The maximum absolute atomic E-state index is 11.4. The Labute approximate surface area is 139 Å². The molecule has 2 aromatic carbocycles. The van der Waals surface area contributed by atoms with E-state index in [1.165, 1.54) is 7.11 Å². The summed E-state index contributed by atoms with van der Waals surface area (Å²) in [5.41, 5.74) is 12.7. The number of para-hydroxylation sites is 1. The van der Waals surface area contributed by atoms with E-state index in [0.717, 1.165) is 11.1 Å². The highest BCUT2D eigenvalue weighted by atomic mass is 16.5. The molecule has 124 valence electrons. The number of benzene rings is 2. The van der Waals surface area contributed by atoms with Crippen LogP contribution in [0.15, 0.2) is 53.6 Å². The Morgan fingerprint density at radius 1 is 1.17 bits per heavy atom. The van der Waals surface area contributed by atoms with Gasteiger partial charge in [-0.15, -0.1) is 5.10 Å². The highest BCUT2D eigenvalue weighted by Gasteiger charge is 2.06. The van der Waals surface area contributed by atoms with Crippen LogP contribution in [0.2, 0.25) is 0 Å². The van der Waals surface area contributed by atoms with Crippen molar-refractivity contribution in [1.82, 2.24) is 0 Å². The molecule has 0 unspecified atom stereocenters. The maximum Gasteiger partial charge on any atom is 0.337 e. The third-order valence-corrected chi connectivity index (χ3v) is 3.10. The number of hydrazone groups is 1. The first-order valence-corrected chi connectivity index (χ1v) is 7.16. The molecular weight excluding hydrogens is 308 g/mol. The minimum Gasteiger partial charge on any atom is -0.488 e. The van der Waals surface area contributed by atoms with Gasteiger partial charge in [-0.1, -0.05) is 24.3 Å². The summed E-state index contributed by atoms with van der Waals surface area (Å²) in [4.78, 5) is 11.4. The SMILES string of the molecule is COC(=O)c1ccc(COc2ccccc2/C=[NH+]/N=C(N)N)cc1. The minimum atomic E-state index is -0.367. The van der Waals surface area contributed by atoms with Crippen molar-refractivity contribution in [1.29, 1.82) is 0 Å². The molecule has 0 saturated heterocycles. The van der Waals surface area contributed by atoms with Crippen molar-refractivity contribution in [2.75, 3.05) is 7.11 Å². The molecule has 0 aromatic heterocycles. The summed E-state index contributed by atoms with van der Waals surface area (Å²) in [6.45, 7) is 0.356. The van der Waals surface area contributed by atoms with Gasteiger partial charge in [-0.3, -0.25) is 0 Å². The van der Waals surface area contributed by atoms with Gasteiger partial charge in [0.1, 0.15) is 12.4 Å². The number of esters is 1. The molecule has 0 atom stereocenters. The van der Waals surface area contributed by atoms with E-state index in [1.807, 2.05) is 36.4 Å². The van der Waals surface area contributed by atoms with Crippen LogP contribution in [0.1, 0.15) is 21.5 Å². The normalized spacial score (nSPS) is 10.4. The van der Waals surface area contributed by atoms with Crippen molar-refractivity contribution in [2.45, 2.75) is 6.61 Å². The number of nitrogens with zero attached hydrogens (tertiary/aromatic N) is 1. The van der Waals surface area contributed by atoms with Gasteiger partial charge in [0.15, 0.2) is 0 Å². The van der Waals surface area contributed by atoms with Gasteiger partial charge in [-0.2, -0.15) is 0 Å². The lowest BCUT2D eigenvalue weighted by Crippen LogP contribution is -2.63.